The lowest BCUT2D eigenvalue weighted by atomic mass is 9.78. The molecule has 4 heteroatoms. The van der Waals surface area contributed by atoms with Crippen LogP contribution in [0.1, 0.15) is 87.8 Å². The Balaban J connectivity index is 1.51. The predicted molar refractivity (Wildman–Crippen MR) is 163 cm³/mol. The highest BCUT2D eigenvalue weighted by molar-refractivity contribution is 7.54. The van der Waals surface area contributed by atoms with E-state index in [2.05, 4.69) is 91.9 Å². The molecule has 2 aliphatic carbocycles. The van der Waals surface area contributed by atoms with Crippen molar-refractivity contribution >= 4 is 14.0 Å². The molecule has 204 valence electrons. The van der Waals surface area contributed by atoms with E-state index < -0.39 is 13.7 Å². The molecule has 2 atom stereocenters. The molecule has 0 spiro atoms. The summed E-state index contributed by atoms with van der Waals surface area (Å²) in [6, 6.07) is 32.0. The maximum atomic E-state index is 7.91. The van der Waals surface area contributed by atoms with Gasteiger partial charge in [-0.2, -0.15) is 0 Å². The van der Waals surface area contributed by atoms with Crippen molar-refractivity contribution in [2.24, 2.45) is 4.99 Å². The van der Waals surface area contributed by atoms with Gasteiger partial charge >= 0.3 is 0 Å². The van der Waals surface area contributed by atoms with Crippen LogP contribution in [-0.4, -0.2) is 29.4 Å². The summed E-state index contributed by atoms with van der Waals surface area (Å²) in [6.07, 6.45) is 13.2. The fourth-order valence-corrected chi connectivity index (χ4v) is 10.3. The van der Waals surface area contributed by atoms with Gasteiger partial charge in [-0.3, -0.25) is 0 Å². The minimum atomic E-state index is -0.709. The summed E-state index contributed by atoms with van der Waals surface area (Å²) in [5.74, 6) is 0.729. The number of benzene rings is 3. The Bertz CT molecular complexity index is 1150. The van der Waals surface area contributed by atoms with Gasteiger partial charge in [0.2, 0.25) is 5.90 Å². The molecule has 0 N–H and O–H groups in total. The minimum Gasteiger partial charge on any atom is -0.472 e. The van der Waals surface area contributed by atoms with Crippen LogP contribution in [0, 0.1) is 0 Å². The average Bonchev–Trinajstić information content (AvgIpc) is 3.42. The molecule has 3 nitrogen and oxygen atoms in total. The molecular weight excluding hydrogens is 497 g/mol. The van der Waals surface area contributed by atoms with Crippen LogP contribution in [0.25, 0.3) is 0 Å². The van der Waals surface area contributed by atoms with Crippen LogP contribution in [0.5, 0.6) is 0 Å². The highest BCUT2D eigenvalue weighted by atomic mass is 31.1. The SMILES string of the molecule is C[C@H]1OC(c2ccccc2)=N[C@H]1C(OP(C1CCCCC1)C1CCCCC1)(c1ccccc1)c1ccccc1. The van der Waals surface area contributed by atoms with E-state index >= 15 is 0 Å². The zero-order chi connectivity index (χ0) is 26.5. The Labute approximate surface area is 235 Å². The first-order chi connectivity index (χ1) is 19.3. The monoisotopic (exact) mass is 539 g/mol. The van der Waals surface area contributed by atoms with Gasteiger partial charge in [0, 0.05) is 25.0 Å². The Morgan fingerprint density at radius 1 is 0.667 bits per heavy atom. The summed E-state index contributed by atoms with van der Waals surface area (Å²) in [7, 11) is -0.661. The largest absolute Gasteiger partial charge is 0.472 e. The van der Waals surface area contributed by atoms with Crippen molar-refractivity contribution < 1.29 is 9.26 Å². The lowest BCUT2D eigenvalue weighted by molar-refractivity contribution is 0.0503. The van der Waals surface area contributed by atoms with Gasteiger partial charge in [0.1, 0.15) is 17.7 Å². The quantitative estimate of drug-likeness (QED) is 0.267. The first-order valence-corrected chi connectivity index (χ1v) is 16.5. The van der Waals surface area contributed by atoms with Gasteiger partial charge in [-0.25, -0.2) is 4.99 Å². The zero-order valence-corrected chi connectivity index (χ0v) is 24.1. The number of hydrogen-bond acceptors (Lipinski definition) is 3. The van der Waals surface area contributed by atoms with E-state index in [1.807, 2.05) is 6.07 Å². The van der Waals surface area contributed by atoms with Crippen LogP contribution >= 0.6 is 8.15 Å². The van der Waals surface area contributed by atoms with Crippen molar-refractivity contribution in [2.75, 3.05) is 0 Å². The Hall–Kier alpha value is -2.48. The van der Waals surface area contributed by atoms with E-state index in [1.54, 1.807) is 0 Å². The van der Waals surface area contributed by atoms with E-state index in [0.717, 1.165) is 11.5 Å². The van der Waals surface area contributed by atoms with Crippen LogP contribution in [0.2, 0.25) is 0 Å². The van der Waals surface area contributed by atoms with E-state index in [-0.39, 0.29) is 12.1 Å². The first-order valence-electron chi connectivity index (χ1n) is 15.1. The van der Waals surface area contributed by atoms with Crippen molar-refractivity contribution in [3.8, 4) is 0 Å². The summed E-state index contributed by atoms with van der Waals surface area (Å²) in [4.78, 5) is 5.39. The van der Waals surface area contributed by atoms with E-state index in [4.69, 9.17) is 14.3 Å². The van der Waals surface area contributed by atoms with E-state index in [1.165, 1.54) is 75.3 Å². The van der Waals surface area contributed by atoms with Gasteiger partial charge in [0.05, 0.1) is 0 Å². The van der Waals surface area contributed by atoms with Crippen molar-refractivity contribution in [1.82, 2.24) is 0 Å². The predicted octanol–water partition coefficient (Wildman–Crippen LogP) is 9.24. The van der Waals surface area contributed by atoms with Crippen LogP contribution < -0.4 is 0 Å². The normalized spacial score (nSPS) is 23.0. The molecule has 0 unspecified atom stereocenters. The molecule has 0 amide bonds. The molecule has 1 aliphatic heterocycles. The second-order valence-electron chi connectivity index (χ2n) is 11.6. The zero-order valence-electron chi connectivity index (χ0n) is 23.3. The van der Waals surface area contributed by atoms with Gasteiger partial charge in [0.15, 0.2) is 0 Å². The maximum Gasteiger partial charge on any atom is 0.216 e. The fourth-order valence-electron chi connectivity index (χ4n) is 6.97. The van der Waals surface area contributed by atoms with Gasteiger partial charge in [-0.1, -0.05) is 117 Å². The third-order valence-electron chi connectivity index (χ3n) is 8.96. The molecule has 6 rings (SSSR count). The van der Waals surface area contributed by atoms with Crippen molar-refractivity contribution in [3.63, 3.8) is 0 Å². The number of rotatable bonds is 8. The molecule has 0 saturated heterocycles. The van der Waals surface area contributed by atoms with Crippen LogP contribution in [-0.2, 0) is 14.9 Å². The number of aliphatic imine (C=N–C) groups is 1. The van der Waals surface area contributed by atoms with Gasteiger partial charge in [-0.05, 0) is 55.9 Å². The minimum absolute atomic E-state index is 0.116. The van der Waals surface area contributed by atoms with Gasteiger partial charge in [0.25, 0.3) is 0 Å². The topological polar surface area (TPSA) is 30.8 Å². The molecule has 0 aromatic heterocycles. The van der Waals surface area contributed by atoms with Gasteiger partial charge < -0.3 is 9.26 Å². The standard InChI is InChI=1S/C35H42NO2P/c1-27-33(36-34(37-27)28-17-7-2-8-18-28)35(29-19-9-3-10-20-29,30-21-11-4-12-22-30)38-39(31-23-13-5-14-24-31)32-25-15-6-16-26-32/h2-4,7-12,17-22,27,31-33H,5-6,13-16,23-26H2,1H3/t27-,33-/m1/s1. The fraction of sp³-hybridized carbons (Fsp3) is 0.457. The molecule has 2 saturated carbocycles. The highest BCUT2D eigenvalue weighted by Crippen LogP contribution is 2.62. The second-order valence-corrected chi connectivity index (χ2v) is 13.9. The lowest BCUT2D eigenvalue weighted by Crippen LogP contribution is -2.46. The third kappa shape index (κ3) is 5.59. The molecular formula is C35H42NO2P. The first kappa shape index (κ1) is 26.7. The summed E-state index contributed by atoms with van der Waals surface area (Å²) in [5, 5.41) is 0. The third-order valence-corrected chi connectivity index (χ3v) is 11.9. The summed E-state index contributed by atoms with van der Waals surface area (Å²) >= 11 is 0. The molecule has 39 heavy (non-hydrogen) atoms. The van der Waals surface area contributed by atoms with Crippen molar-refractivity contribution in [2.45, 2.75) is 100 Å². The number of ether oxygens (including phenoxy) is 1. The van der Waals surface area contributed by atoms with Crippen molar-refractivity contribution in [1.29, 1.82) is 0 Å². The van der Waals surface area contributed by atoms with Crippen LogP contribution in [0.4, 0.5) is 0 Å². The molecule has 1 heterocycles. The maximum absolute atomic E-state index is 7.91. The van der Waals surface area contributed by atoms with Crippen LogP contribution in [0.3, 0.4) is 0 Å². The molecule has 0 radical (unpaired) electrons. The summed E-state index contributed by atoms with van der Waals surface area (Å²) in [6.45, 7) is 2.18. The molecule has 3 aromatic rings. The van der Waals surface area contributed by atoms with E-state index in [9.17, 15) is 0 Å². The molecule has 0 bridgehead atoms. The molecule has 3 aromatic carbocycles. The average molecular weight is 540 g/mol. The molecule has 2 fully saturated rings. The summed E-state index contributed by atoms with van der Waals surface area (Å²) < 4.78 is 14.5. The summed E-state index contributed by atoms with van der Waals surface area (Å²) in [5.41, 5.74) is 4.03. The van der Waals surface area contributed by atoms with Crippen molar-refractivity contribution in [3.05, 3.63) is 108 Å². The highest BCUT2D eigenvalue weighted by Gasteiger charge is 2.53. The Morgan fingerprint density at radius 2 is 1.13 bits per heavy atom. The smallest absolute Gasteiger partial charge is 0.216 e. The second kappa shape index (κ2) is 12.4. The van der Waals surface area contributed by atoms with E-state index in [0.29, 0.717) is 11.3 Å². The Kier molecular flexibility index (Phi) is 8.47. The van der Waals surface area contributed by atoms with Crippen LogP contribution in [0.15, 0.2) is 96.0 Å². The van der Waals surface area contributed by atoms with Gasteiger partial charge in [-0.15, -0.1) is 0 Å². The Morgan fingerprint density at radius 3 is 1.62 bits per heavy atom. The lowest BCUT2D eigenvalue weighted by Gasteiger charge is -2.47. The number of hydrogen-bond donors (Lipinski definition) is 0. The molecule has 3 aliphatic rings. The number of nitrogens with zero attached hydrogens (tertiary/aromatic N) is 1.